The molecule has 0 spiro atoms. The molecule has 4 nitrogen and oxygen atoms in total. The SMILES string of the molecule is CNC(=O)c1ccc(Nc2ccc(Br)c(Cl)c2Cl)c(N)c1. The summed E-state index contributed by atoms with van der Waals surface area (Å²) in [5.74, 6) is -0.196. The zero-order chi connectivity index (χ0) is 15.6. The molecule has 1 amide bonds. The maximum Gasteiger partial charge on any atom is 0.251 e. The van der Waals surface area contributed by atoms with Crippen LogP contribution in [0.1, 0.15) is 10.4 Å². The molecule has 7 heteroatoms. The van der Waals surface area contributed by atoms with Gasteiger partial charge >= 0.3 is 0 Å². The van der Waals surface area contributed by atoms with E-state index in [4.69, 9.17) is 28.9 Å². The van der Waals surface area contributed by atoms with Crippen LogP contribution >= 0.6 is 39.1 Å². The Balaban J connectivity index is 2.33. The Morgan fingerprint density at radius 3 is 2.43 bits per heavy atom. The molecule has 0 atom stereocenters. The predicted octanol–water partition coefficient (Wildman–Crippen LogP) is 4.44. The normalized spacial score (nSPS) is 10.3. The fourth-order valence-electron chi connectivity index (χ4n) is 1.73. The van der Waals surface area contributed by atoms with Gasteiger partial charge in [-0.25, -0.2) is 0 Å². The standard InChI is InChI=1S/C14H12BrCl2N3O/c1-19-14(21)7-2-4-10(9(18)6-7)20-11-5-3-8(15)12(16)13(11)17/h2-6,20H,18H2,1H3,(H,19,21). The van der Waals surface area contributed by atoms with Crippen LogP contribution in [-0.4, -0.2) is 13.0 Å². The van der Waals surface area contributed by atoms with Crippen LogP contribution in [-0.2, 0) is 0 Å². The lowest BCUT2D eigenvalue weighted by atomic mass is 10.1. The van der Waals surface area contributed by atoms with Gasteiger partial charge in [0, 0.05) is 17.1 Å². The van der Waals surface area contributed by atoms with Crippen LogP contribution in [0.25, 0.3) is 0 Å². The highest BCUT2D eigenvalue weighted by Crippen LogP contribution is 2.37. The van der Waals surface area contributed by atoms with Crippen LogP contribution in [0.4, 0.5) is 17.1 Å². The minimum absolute atomic E-state index is 0.196. The summed E-state index contributed by atoms with van der Waals surface area (Å²) in [6.07, 6.45) is 0. The number of carbonyl (C=O) groups is 1. The summed E-state index contributed by atoms with van der Waals surface area (Å²) in [4.78, 5) is 11.5. The molecule has 2 aromatic rings. The lowest BCUT2D eigenvalue weighted by molar-refractivity contribution is 0.0963. The predicted molar refractivity (Wildman–Crippen MR) is 91.7 cm³/mol. The first kappa shape index (κ1) is 15.9. The third-order valence-corrected chi connectivity index (χ3v) is 4.62. The van der Waals surface area contributed by atoms with Crippen molar-refractivity contribution < 1.29 is 4.79 Å². The maximum atomic E-state index is 11.5. The van der Waals surface area contributed by atoms with Gasteiger partial charge < -0.3 is 16.4 Å². The van der Waals surface area contributed by atoms with Crippen LogP contribution in [0.2, 0.25) is 10.0 Å². The molecule has 0 fully saturated rings. The lowest BCUT2D eigenvalue weighted by Gasteiger charge is -2.13. The molecular weight excluding hydrogens is 377 g/mol. The number of benzene rings is 2. The van der Waals surface area contributed by atoms with Gasteiger partial charge in [0.25, 0.3) is 5.91 Å². The van der Waals surface area contributed by atoms with E-state index in [9.17, 15) is 4.79 Å². The summed E-state index contributed by atoms with van der Waals surface area (Å²) >= 11 is 15.5. The minimum atomic E-state index is -0.196. The van der Waals surface area contributed by atoms with Crippen molar-refractivity contribution in [2.75, 3.05) is 18.1 Å². The maximum absolute atomic E-state index is 11.5. The number of hydrogen-bond acceptors (Lipinski definition) is 3. The molecule has 0 aliphatic carbocycles. The van der Waals surface area contributed by atoms with E-state index in [2.05, 4.69) is 26.6 Å². The van der Waals surface area contributed by atoms with Gasteiger partial charge in [0.05, 0.1) is 27.1 Å². The number of nitrogens with one attached hydrogen (secondary N) is 2. The van der Waals surface area contributed by atoms with E-state index in [1.165, 1.54) is 0 Å². The third-order valence-electron chi connectivity index (χ3n) is 2.85. The van der Waals surface area contributed by atoms with Crippen molar-refractivity contribution in [2.45, 2.75) is 0 Å². The quantitative estimate of drug-likeness (QED) is 0.537. The summed E-state index contributed by atoms with van der Waals surface area (Å²) in [5.41, 5.74) is 8.15. The van der Waals surface area contributed by atoms with Gasteiger partial charge in [-0.2, -0.15) is 0 Å². The lowest BCUT2D eigenvalue weighted by Crippen LogP contribution is -2.17. The van der Waals surface area contributed by atoms with Crippen LogP contribution in [0.5, 0.6) is 0 Å². The van der Waals surface area contributed by atoms with E-state index in [1.54, 1.807) is 37.4 Å². The number of carbonyl (C=O) groups excluding carboxylic acids is 1. The molecule has 21 heavy (non-hydrogen) atoms. The number of nitrogen functional groups attached to an aromatic ring is 1. The Kier molecular flexibility index (Phi) is 4.98. The number of hydrogen-bond donors (Lipinski definition) is 3. The van der Waals surface area contributed by atoms with E-state index >= 15 is 0 Å². The van der Waals surface area contributed by atoms with Gasteiger partial charge in [-0.15, -0.1) is 0 Å². The van der Waals surface area contributed by atoms with Gasteiger partial charge in [-0.1, -0.05) is 23.2 Å². The summed E-state index contributed by atoms with van der Waals surface area (Å²) in [5, 5.41) is 6.45. The zero-order valence-electron chi connectivity index (χ0n) is 11.0. The first-order chi connectivity index (χ1) is 9.93. The van der Waals surface area contributed by atoms with Gasteiger partial charge in [0.2, 0.25) is 0 Å². The van der Waals surface area contributed by atoms with E-state index in [0.29, 0.717) is 37.1 Å². The molecular formula is C14H12BrCl2N3O. The smallest absolute Gasteiger partial charge is 0.251 e. The van der Waals surface area contributed by atoms with Crippen molar-refractivity contribution in [1.29, 1.82) is 0 Å². The van der Waals surface area contributed by atoms with Gasteiger partial charge in [-0.3, -0.25) is 4.79 Å². The molecule has 0 radical (unpaired) electrons. The van der Waals surface area contributed by atoms with Crippen LogP contribution in [0.3, 0.4) is 0 Å². The van der Waals surface area contributed by atoms with Crippen molar-refractivity contribution in [3.8, 4) is 0 Å². The zero-order valence-corrected chi connectivity index (χ0v) is 14.1. The Morgan fingerprint density at radius 2 is 1.81 bits per heavy atom. The molecule has 0 bridgehead atoms. The van der Waals surface area contributed by atoms with Crippen LogP contribution in [0.15, 0.2) is 34.8 Å². The second-order valence-electron chi connectivity index (χ2n) is 4.23. The fourth-order valence-corrected chi connectivity index (χ4v) is 2.55. The summed E-state index contributed by atoms with van der Waals surface area (Å²) in [6.45, 7) is 0. The molecule has 0 aliphatic heterocycles. The molecule has 4 N–H and O–H groups in total. The summed E-state index contributed by atoms with van der Waals surface area (Å²) in [7, 11) is 1.56. The molecule has 2 aromatic carbocycles. The topological polar surface area (TPSA) is 67.2 Å². The van der Waals surface area contributed by atoms with Crippen LogP contribution < -0.4 is 16.4 Å². The van der Waals surface area contributed by atoms with Gasteiger partial charge in [-0.05, 0) is 46.3 Å². The Bertz CT molecular complexity index is 707. The summed E-state index contributed by atoms with van der Waals surface area (Å²) < 4.78 is 0.711. The average Bonchev–Trinajstić information content (AvgIpc) is 2.48. The largest absolute Gasteiger partial charge is 0.397 e. The summed E-state index contributed by atoms with van der Waals surface area (Å²) in [6, 6.07) is 8.55. The Labute approximate surface area is 140 Å². The highest BCUT2D eigenvalue weighted by molar-refractivity contribution is 9.10. The first-order valence-corrected chi connectivity index (χ1v) is 7.51. The molecule has 110 valence electrons. The van der Waals surface area contributed by atoms with E-state index in [0.717, 1.165) is 0 Å². The van der Waals surface area contributed by atoms with Crippen molar-refractivity contribution in [3.63, 3.8) is 0 Å². The van der Waals surface area contributed by atoms with Gasteiger partial charge in [0.1, 0.15) is 0 Å². The first-order valence-electron chi connectivity index (χ1n) is 5.96. The number of nitrogens with two attached hydrogens (primary N) is 1. The van der Waals surface area contributed by atoms with E-state index in [-0.39, 0.29) is 5.91 Å². The fraction of sp³-hybridized carbons (Fsp3) is 0.0714. The van der Waals surface area contributed by atoms with Gasteiger partial charge in [0.15, 0.2) is 0 Å². The van der Waals surface area contributed by atoms with Crippen molar-refractivity contribution in [3.05, 3.63) is 50.4 Å². The molecule has 0 unspecified atom stereocenters. The number of amides is 1. The highest BCUT2D eigenvalue weighted by Gasteiger charge is 2.11. The molecule has 0 aromatic heterocycles. The van der Waals surface area contributed by atoms with Crippen LogP contribution in [0, 0.1) is 0 Å². The Morgan fingerprint density at radius 1 is 1.14 bits per heavy atom. The minimum Gasteiger partial charge on any atom is -0.397 e. The average molecular weight is 389 g/mol. The Hall–Kier alpha value is -1.43. The number of halogens is 3. The third kappa shape index (κ3) is 3.43. The second kappa shape index (κ2) is 6.56. The monoisotopic (exact) mass is 387 g/mol. The highest BCUT2D eigenvalue weighted by atomic mass is 79.9. The van der Waals surface area contributed by atoms with E-state index in [1.807, 2.05) is 0 Å². The molecule has 2 rings (SSSR count). The molecule has 0 saturated carbocycles. The molecule has 0 saturated heterocycles. The van der Waals surface area contributed by atoms with Crippen molar-refractivity contribution >= 4 is 62.1 Å². The number of rotatable bonds is 3. The molecule has 0 heterocycles. The number of anilines is 3. The van der Waals surface area contributed by atoms with Crippen molar-refractivity contribution in [1.82, 2.24) is 5.32 Å². The second-order valence-corrected chi connectivity index (χ2v) is 5.84. The van der Waals surface area contributed by atoms with Crippen molar-refractivity contribution in [2.24, 2.45) is 0 Å². The van der Waals surface area contributed by atoms with E-state index < -0.39 is 0 Å². The molecule has 0 aliphatic rings.